The summed E-state index contributed by atoms with van der Waals surface area (Å²) in [6.45, 7) is 3.27. The van der Waals surface area contributed by atoms with Gasteiger partial charge < -0.3 is 4.74 Å². The fourth-order valence-corrected chi connectivity index (χ4v) is 0.975. The minimum absolute atomic E-state index is 0.0580. The number of ether oxygens (including phenoxy) is 1. The number of hydrogen-bond acceptors (Lipinski definition) is 2. The third kappa shape index (κ3) is 2.97. The molecule has 0 unspecified atom stereocenters. The van der Waals surface area contributed by atoms with Gasteiger partial charge in [-0.1, -0.05) is 12.1 Å². The van der Waals surface area contributed by atoms with E-state index in [0.29, 0.717) is 5.56 Å². The molecule has 1 rings (SSSR count). The molecule has 1 aromatic rings. The average molecular weight is 218 g/mol. The lowest BCUT2D eigenvalue weighted by atomic mass is 10.1. The smallest absolute Gasteiger partial charge is 0.420 e. The lowest BCUT2D eigenvalue weighted by Gasteiger charge is -2.09. The number of carbonyl (C=O) groups excluding carboxylic acids is 1. The molecule has 0 spiro atoms. The maximum absolute atomic E-state index is 11.9. The summed E-state index contributed by atoms with van der Waals surface area (Å²) in [6, 6.07) is 4.70. The van der Waals surface area contributed by atoms with Gasteiger partial charge in [-0.2, -0.15) is 13.2 Å². The van der Waals surface area contributed by atoms with Crippen LogP contribution in [0, 0.1) is 13.8 Å². The Morgan fingerprint density at radius 2 is 1.87 bits per heavy atom. The molecule has 0 saturated heterocycles. The number of hydrogen-bond donors (Lipinski definition) is 0. The molecule has 0 saturated carbocycles. The van der Waals surface area contributed by atoms with Gasteiger partial charge in [0.25, 0.3) is 0 Å². The molecule has 0 aliphatic heterocycles. The monoisotopic (exact) mass is 218 g/mol. The molecular weight excluding hydrogens is 209 g/mol. The van der Waals surface area contributed by atoms with E-state index < -0.39 is 12.1 Å². The SMILES string of the molecule is Cc1ccc(C)c(OC(=O)C(F)(F)F)c1. The van der Waals surface area contributed by atoms with Crippen LogP contribution in [-0.4, -0.2) is 12.1 Å². The van der Waals surface area contributed by atoms with Crippen LogP contribution < -0.4 is 4.74 Å². The van der Waals surface area contributed by atoms with Gasteiger partial charge in [-0.3, -0.25) is 0 Å². The average Bonchev–Trinajstić information content (AvgIpc) is 2.09. The zero-order valence-electron chi connectivity index (χ0n) is 8.18. The number of esters is 1. The number of halogens is 3. The molecule has 5 heteroatoms. The van der Waals surface area contributed by atoms with E-state index in [0.717, 1.165) is 5.56 Å². The van der Waals surface area contributed by atoms with Crippen LogP contribution in [0.3, 0.4) is 0 Å². The van der Waals surface area contributed by atoms with Crippen LogP contribution in [0.15, 0.2) is 18.2 Å². The first-order valence-corrected chi connectivity index (χ1v) is 4.17. The summed E-state index contributed by atoms with van der Waals surface area (Å²) in [5.74, 6) is -2.26. The fraction of sp³-hybridized carbons (Fsp3) is 0.300. The predicted molar refractivity (Wildman–Crippen MR) is 47.6 cm³/mol. The highest BCUT2D eigenvalue weighted by Crippen LogP contribution is 2.23. The summed E-state index contributed by atoms with van der Waals surface area (Å²) in [4.78, 5) is 10.6. The molecule has 0 amide bonds. The summed E-state index contributed by atoms with van der Waals surface area (Å²) in [7, 11) is 0. The Labute approximate surface area is 84.7 Å². The molecule has 0 heterocycles. The first-order chi connectivity index (χ1) is 6.80. The second kappa shape index (κ2) is 3.92. The first-order valence-electron chi connectivity index (χ1n) is 4.17. The summed E-state index contributed by atoms with van der Waals surface area (Å²) in [5, 5.41) is 0. The second-order valence-electron chi connectivity index (χ2n) is 3.16. The number of carbonyl (C=O) groups is 1. The van der Waals surface area contributed by atoms with Gasteiger partial charge >= 0.3 is 12.1 Å². The number of aryl methyl sites for hydroxylation is 2. The lowest BCUT2D eigenvalue weighted by molar-refractivity contribution is -0.189. The van der Waals surface area contributed by atoms with Gasteiger partial charge in [0.1, 0.15) is 5.75 Å². The first kappa shape index (κ1) is 11.6. The molecule has 0 fully saturated rings. The Hall–Kier alpha value is -1.52. The normalized spacial score (nSPS) is 11.3. The zero-order chi connectivity index (χ0) is 11.6. The molecule has 1 aromatic carbocycles. The second-order valence-corrected chi connectivity index (χ2v) is 3.16. The Bertz CT molecular complexity index is 383. The van der Waals surface area contributed by atoms with Crippen LogP contribution in [0.5, 0.6) is 5.75 Å². The van der Waals surface area contributed by atoms with E-state index in [2.05, 4.69) is 4.74 Å². The Morgan fingerprint density at radius 1 is 1.27 bits per heavy atom. The van der Waals surface area contributed by atoms with Gasteiger partial charge in [-0.25, -0.2) is 4.79 Å². The molecule has 0 aliphatic carbocycles. The van der Waals surface area contributed by atoms with E-state index in [1.807, 2.05) is 0 Å². The van der Waals surface area contributed by atoms with E-state index in [1.165, 1.54) is 6.07 Å². The molecule has 0 N–H and O–H groups in total. The van der Waals surface area contributed by atoms with Crippen molar-refractivity contribution in [2.24, 2.45) is 0 Å². The van der Waals surface area contributed by atoms with Crippen molar-refractivity contribution in [2.75, 3.05) is 0 Å². The minimum atomic E-state index is -4.96. The number of alkyl halides is 3. The molecule has 0 bridgehead atoms. The van der Waals surface area contributed by atoms with E-state index in [1.54, 1.807) is 26.0 Å². The molecule has 0 aromatic heterocycles. The van der Waals surface area contributed by atoms with Crippen LogP contribution in [0.25, 0.3) is 0 Å². The van der Waals surface area contributed by atoms with Crippen molar-refractivity contribution in [3.8, 4) is 5.75 Å². The number of rotatable bonds is 1. The maximum Gasteiger partial charge on any atom is 0.491 e. The lowest BCUT2D eigenvalue weighted by Crippen LogP contribution is -2.28. The van der Waals surface area contributed by atoms with Crippen LogP contribution in [0.4, 0.5) is 13.2 Å². The molecular formula is C10H9F3O2. The highest BCUT2D eigenvalue weighted by molar-refractivity contribution is 5.78. The maximum atomic E-state index is 11.9. The van der Waals surface area contributed by atoms with Gasteiger partial charge in [-0.15, -0.1) is 0 Å². The standard InChI is InChI=1S/C10H9F3O2/c1-6-3-4-7(2)8(5-6)15-9(14)10(11,12)13/h3-5H,1-2H3. The summed E-state index contributed by atoms with van der Waals surface area (Å²) >= 11 is 0. The van der Waals surface area contributed by atoms with Crippen LogP contribution in [0.2, 0.25) is 0 Å². The van der Waals surface area contributed by atoms with E-state index in [9.17, 15) is 18.0 Å². The third-order valence-electron chi connectivity index (χ3n) is 1.78. The molecule has 15 heavy (non-hydrogen) atoms. The highest BCUT2D eigenvalue weighted by atomic mass is 19.4. The van der Waals surface area contributed by atoms with Gasteiger partial charge in [0.2, 0.25) is 0 Å². The minimum Gasteiger partial charge on any atom is -0.420 e. The van der Waals surface area contributed by atoms with Gasteiger partial charge in [0, 0.05) is 0 Å². The van der Waals surface area contributed by atoms with E-state index in [4.69, 9.17) is 0 Å². The molecule has 0 atom stereocenters. The van der Waals surface area contributed by atoms with Crippen LogP contribution in [0.1, 0.15) is 11.1 Å². The summed E-state index contributed by atoms with van der Waals surface area (Å²) < 4.78 is 39.9. The van der Waals surface area contributed by atoms with Crippen molar-refractivity contribution >= 4 is 5.97 Å². The quantitative estimate of drug-likeness (QED) is 0.535. The van der Waals surface area contributed by atoms with Crippen molar-refractivity contribution < 1.29 is 22.7 Å². The number of benzene rings is 1. The van der Waals surface area contributed by atoms with Crippen molar-refractivity contribution in [1.82, 2.24) is 0 Å². The highest BCUT2D eigenvalue weighted by Gasteiger charge is 2.41. The van der Waals surface area contributed by atoms with Crippen LogP contribution in [-0.2, 0) is 4.79 Å². The van der Waals surface area contributed by atoms with E-state index >= 15 is 0 Å². The Morgan fingerprint density at radius 3 is 2.40 bits per heavy atom. The molecule has 82 valence electrons. The van der Waals surface area contributed by atoms with E-state index in [-0.39, 0.29) is 5.75 Å². The largest absolute Gasteiger partial charge is 0.491 e. The Kier molecular flexibility index (Phi) is 3.02. The predicted octanol–water partition coefficient (Wildman–Crippen LogP) is 2.77. The molecule has 0 radical (unpaired) electrons. The van der Waals surface area contributed by atoms with Crippen molar-refractivity contribution in [2.45, 2.75) is 20.0 Å². The van der Waals surface area contributed by atoms with Gasteiger partial charge in [-0.05, 0) is 31.0 Å². The fourth-order valence-electron chi connectivity index (χ4n) is 0.975. The molecule has 0 aliphatic rings. The van der Waals surface area contributed by atoms with Crippen molar-refractivity contribution in [1.29, 1.82) is 0 Å². The van der Waals surface area contributed by atoms with Crippen LogP contribution >= 0.6 is 0 Å². The topological polar surface area (TPSA) is 26.3 Å². The van der Waals surface area contributed by atoms with Gasteiger partial charge in [0.15, 0.2) is 0 Å². The molecule has 2 nitrogen and oxygen atoms in total. The zero-order valence-corrected chi connectivity index (χ0v) is 8.18. The third-order valence-corrected chi connectivity index (χ3v) is 1.78. The Balaban J connectivity index is 2.90. The van der Waals surface area contributed by atoms with Crippen molar-refractivity contribution in [3.63, 3.8) is 0 Å². The van der Waals surface area contributed by atoms with Gasteiger partial charge in [0.05, 0.1) is 0 Å². The summed E-state index contributed by atoms with van der Waals surface area (Å²) in [6.07, 6.45) is -4.96. The van der Waals surface area contributed by atoms with Crippen molar-refractivity contribution in [3.05, 3.63) is 29.3 Å². The summed E-state index contributed by atoms with van der Waals surface area (Å²) in [5.41, 5.74) is 1.21.